The van der Waals surface area contributed by atoms with E-state index in [1.807, 2.05) is 38.1 Å². The van der Waals surface area contributed by atoms with Gasteiger partial charge in [0.2, 0.25) is 5.91 Å². The summed E-state index contributed by atoms with van der Waals surface area (Å²) in [7, 11) is 0. The quantitative estimate of drug-likeness (QED) is 0.540. The van der Waals surface area contributed by atoms with Gasteiger partial charge in [0.05, 0.1) is 6.42 Å². The maximum absolute atomic E-state index is 12.7. The van der Waals surface area contributed by atoms with Gasteiger partial charge < -0.3 is 20.5 Å². The fraction of sp³-hybridized carbons (Fsp3) is 0.444. The molecule has 0 unspecified atom stereocenters. The highest BCUT2D eigenvalue weighted by Gasteiger charge is 2.33. The van der Waals surface area contributed by atoms with Crippen LogP contribution in [0.1, 0.15) is 56.6 Å². The second-order valence-electron chi connectivity index (χ2n) is 9.63. The Hall–Kier alpha value is -3.35. The number of benzene rings is 2. The molecule has 2 aliphatic carbocycles. The predicted molar refractivity (Wildman–Crippen MR) is 128 cm³/mol. The minimum Gasteiger partial charge on any atom is -0.481 e. The molecule has 2 aromatic carbocycles. The number of carbonyl (C=O) groups excluding carboxylic acids is 2. The van der Waals surface area contributed by atoms with Crippen LogP contribution in [0.3, 0.4) is 0 Å². The number of carboxylic acids is 1. The van der Waals surface area contributed by atoms with Crippen molar-refractivity contribution in [3.63, 3.8) is 0 Å². The van der Waals surface area contributed by atoms with Gasteiger partial charge in [-0.2, -0.15) is 0 Å². The molecule has 0 bridgehead atoms. The zero-order valence-electron chi connectivity index (χ0n) is 19.6. The number of carboxylic acid groups (broad SMARTS) is 1. The SMILES string of the molecule is CC(C)[C@H](CC(=O)O)NC(=O)[C@H]1CC[C@@H](NC(=O)OCC2c3ccccc3-c3ccccc32)C1. The van der Waals surface area contributed by atoms with Gasteiger partial charge in [-0.1, -0.05) is 62.4 Å². The molecule has 2 aliphatic rings. The molecule has 7 heteroatoms. The van der Waals surface area contributed by atoms with Crippen molar-refractivity contribution in [2.45, 2.75) is 57.5 Å². The van der Waals surface area contributed by atoms with E-state index in [0.717, 1.165) is 11.1 Å². The van der Waals surface area contributed by atoms with E-state index in [2.05, 4.69) is 34.9 Å². The van der Waals surface area contributed by atoms with Crippen LogP contribution in [0, 0.1) is 11.8 Å². The molecule has 2 amide bonds. The van der Waals surface area contributed by atoms with Gasteiger partial charge in [-0.15, -0.1) is 0 Å². The number of hydrogen-bond donors (Lipinski definition) is 3. The summed E-state index contributed by atoms with van der Waals surface area (Å²) in [4.78, 5) is 36.3. The van der Waals surface area contributed by atoms with Gasteiger partial charge in [-0.25, -0.2) is 4.79 Å². The fourth-order valence-corrected chi connectivity index (χ4v) is 5.10. The van der Waals surface area contributed by atoms with Gasteiger partial charge in [0, 0.05) is 23.9 Å². The molecule has 3 N–H and O–H groups in total. The molecule has 0 saturated heterocycles. The van der Waals surface area contributed by atoms with Crippen molar-refractivity contribution in [2.75, 3.05) is 6.61 Å². The molecule has 34 heavy (non-hydrogen) atoms. The van der Waals surface area contributed by atoms with Gasteiger partial charge in [-0.05, 0) is 47.4 Å². The standard InChI is InChI=1S/C27H32N2O5/c1-16(2)24(14-25(30)31)29-26(32)17-11-12-18(13-17)28-27(33)34-15-23-21-9-5-3-7-19(21)20-8-4-6-10-22(20)23/h3-10,16-18,23-24H,11-15H2,1-2H3,(H,28,33)(H,29,32)(H,30,31)/t17-,18+,24-/m0/s1. The summed E-state index contributed by atoms with van der Waals surface area (Å²) in [6.45, 7) is 4.04. The molecule has 1 fully saturated rings. The van der Waals surface area contributed by atoms with Crippen molar-refractivity contribution in [3.8, 4) is 11.1 Å². The lowest BCUT2D eigenvalue weighted by Crippen LogP contribution is -2.43. The Labute approximate surface area is 199 Å². The van der Waals surface area contributed by atoms with Crippen LogP contribution in [0.25, 0.3) is 11.1 Å². The highest BCUT2D eigenvalue weighted by atomic mass is 16.5. The van der Waals surface area contributed by atoms with Crippen LogP contribution in [0.5, 0.6) is 0 Å². The van der Waals surface area contributed by atoms with E-state index in [4.69, 9.17) is 9.84 Å². The zero-order valence-corrected chi connectivity index (χ0v) is 19.6. The normalized spacial score (nSPS) is 19.9. The third-order valence-corrected chi connectivity index (χ3v) is 7.00. The van der Waals surface area contributed by atoms with Crippen molar-refractivity contribution >= 4 is 18.0 Å². The van der Waals surface area contributed by atoms with Crippen LogP contribution < -0.4 is 10.6 Å². The second-order valence-corrected chi connectivity index (χ2v) is 9.63. The molecule has 0 heterocycles. The Bertz CT molecular complexity index is 1020. The molecule has 0 aliphatic heterocycles. The van der Waals surface area contributed by atoms with E-state index in [9.17, 15) is 14.4 Å². The van der Waals surface area contributed by atoms with E-state index < -0.39 is 18.1 Å². The molecule has 4 rings (SSSR count). The molecule has 2 aromatic rings. The number of carbonyl (C=O) groups is 3. The van der Waals surface area contributed by atoms with Gasteiger partial charge in [0.25, 0.3) is 0 Å². The third kappa shape index (κ3) is 5.24. The number of nitrogens with one attached hydrogen (secondary N) is 2. The van der Waals surface area contributed by atoms with E-state index >= 15 is 0 Å². The average Bonchev–Trinajstić information content (AvgIpc) is 3.39. The lowest BCUT2D eigenvalue weighted by molar-refractivity contribution is -0.138. The minimum absolute atomic E-state index is 0.00227. The fourth-order valence-electron chi connectivity index (χ4n) is 5.10. The van der Waals surface area contributed by atoms with Crippen LogP contribution in [-0.2, 0) is 14.3 Å². The average molecular weight is 465 g/mol. The Kier molecular flexibility index (Phi) is 7.20. The number of amides is 2. The lowest BCUT2D eigenvalue weighted by atomic mass is 9.98. The molecule has 3 atom stereocenters. The van der Waals surface area contributed by atoms with Crippen molar-refractivity contribution in [3.05, 3.63) is 59.7 Å². The lowest BCUT2D eigenvalue weighted by Gasteiger charge is -2.22. The molecule has 1 saturated carbocycles. The van der Waals surface area contributed by atoms with E-state index in [0.29, 0.717) is 19.3 Å². The summed E-state index contributed by atoms with van der Waals surface area (Å²) >= 11 is 0. The molecule has 0 spiro atoms. The van der Waals surface area contributed by atoms with Crippen molar-refractivity contribution < 1.29 is 24.2 Å². The molecule has 180 valence electrons. The molecule has 0 aromatic heterocycles. The highest BCUT2D eigenvalue weighted by molar-refractivity contribution is 5.81. The molecular weight excluding hydrogens is 432 g/mol. The molecule has 7 nitrogen and oxygen atoms in total. The van der Waals surface area contributed by atoms with Crippen LogP contribution in [0.2, 0.25) is 0 Å². The van der Waals surface area contributed by atoms with Crippen molar-refractivity contribution in [1.82, 2.24) is 10.6 Å². The number of rotatable bonds is 8. The first-order valence-corrected chi connectivity index (χ1v) is 12.0. The Morgan fingerprint density at radius 2 is 1.62 bits per heavy atom. The first kappa shape index (κ1) is 23.8. The largest absolute Gasteiger partial charge is 0.481 e. The maximum atomic E-state index is 12.7. The minimum atomic E-state index is -0.930. The van der Waals surface area contributed by atoms with Gasteiger partial charge in [0.1, 0.15) is 6.61 Å². The third-order valence-electron chi connectivity index (χ3n) is 7.00. The number of hydrogen-bond acceptors (Lipinski definition) is 4. The van der Waals surface area contributed by atoms with Gasteiger partial charge in [-0.3, -0.25) is 9.59 Å². The summed E-state index contributed by atoms with van der Waals surface area (Å²) in [6, 6.07) is 15.8. The summed E-state index contributed by atoms with van der Waals surface area (Å²) in [5.41, 5.74) is 4.68. The highest BCUT2D eigenvalue weighted by Crippen LogP contribution is 2.44. The smallest absolute Gasteiger partial charge is 0.407 e. The van der Waals surface area contributed by atoms with Crippen molar-refractivity contribution in [1.29, 1.82) is 0 Å². The maximum Gasteiger partial charge on any atom is 0.407 e. The summed E-state index contributed by atoms with van der Waals surface area (Å²) in [5.74, 6) is -1.29. The number of fused-ring (bicyclic) bond motifs is 3. The Morgan fingerprint density at radius 3 is 2.21 bits per heavy atom. The molecule has 0 radical (unpaired) electrons. The van der Waals surface area contributed by atoms with Gasteiger partial charge >= 0.3 is 12.1 Å². The number of ether oxygens (including phenoxy) is 1. The predicted octanol–water partition coefficient (Wildman–Crippen LogP) is 4.31. The van der Waals surface area contributed by atoms with E-state index in [1.165, 1.54) is 11.1 Å². The van der Waals surface area contributed by atoms with Crippen LogP contribution in [0.15, 0.2) is 48.5 Å². The van der Waals surface area contributed by atoms with Crippen LogP contribution in [0.4, 0.5) is 4.79 Å². The van der Waals surface area contributed by atoms with Crippen molar-refractivity contribution in [2.24, 2.45) is 11.8 Å². The van der Waals surface area contributed by atoms with Crippen LogP contribution >= 0.6 is 0 Å². The zero-order chi connectivity index (χ0) is 24.2. The van der Waals surface area contributed by atoms with E-state index in [-0.39, 0.29) is 42.7 Å². The topological polar surface area (TPSA) is 105 Å². The first-order valence-electron chi connectivity index (χ1n) is 12.0. The Morgan fingerprint density at radius 1 is 1.00 bits per heavy atom. The van der Waals surface area contributed by atoms with E-state index in [1.54, 1.807) is 0 Å². The first-order chi connectivity index (χ1) is 16.3. The summed E-state index contributed by atoms with van der Waals surface area (Å²) in [5, 5.41) is 14.9. The summed E-state index contributed by atoms with van der Waals surface area (Å²) < 4.78 is 5.62. The second kappa shape index (κ2) is 10.3. The Balaban J connectivity index is 1.29. The number of alkyl carbamates (subject to hydrolysis) is 1. The van der Waals surface area contributed by atoms with Crippen LogP contribution in [-0.4, -0.2) is 41.8 Å². The monoisotopic (exact) mass is 464 g/mol. The summed E-state index contributed by atoms with van der Waals surface area (Å²) in [6.07, 6.45) is 1.29. The number of aliphatic carboxylic acids is 1. The molecular formula is C27H32N2O5. The van der Waals surface area contributed by atoms with Gasteiger partial charge in [0.15, 0.2) is 0 Å².